The van der Waals surface area contributed by atoms with Crippen molar-refractivity contribution in [3.8, 4) is 11.5 Å². The van der Waals surface area contributed by atoms with E-state index in [1.165, 1.54) is 11.1 Å². The number of fused-ring (bicyclic) bond motifs is 1. The summed E-state index contributed by atoms with van der Waals surface area (Å²) in [5.74, 6) is 2.35. The van der Waals surface area contributed by atoms with Crippen molar-refractivity contribution in [2.45, 2.75) is 25.8 Å². The van der Waals surface area contributed by atoms with Gasteiger partial charge < -0.3 is 14.8 Å². The van der Waals surface area contributed by atoms with Crippen LogP contribution in [0.15, 0.2) is 12.1 Å². The number of hydrogen-bond donors (Lipinski definition) is 1. The molecule has 0 spiro atoms. The number of benzene rings is 1. The molecule has 0 amide bonds. The monoisotopic (exact) mass is 235 g/mol. The summed E-state index contributed by atoms with van der Waals surface area (Å²) in [4.78, 5) is 0. The molecule has 3 heteroatoms. The Bertz CT molecular complexity index is 370. The number of nitrogens with one attached hydrogen (secondary N) is 1. The minimum Gasteiger partial charge on any atom is -0.493 e. The lowest BCUT2D eigenvalue weighted by molar-refractivity contribution is 0.354. The lowest BCUT2D eigenvalue weighted by Gasteiger charge is -2.17. The van der Waals surface area contributed by atoms with Crippen LogP contribution in [0.1, 0.15) is 18.1 Å². The van der Waals surface area contributed by atoms with Gasteiger partial charge in [-0.2, -0.15) is 0 Å². The second kappa shape index (κ2) is 4.96. The van der Waals surface area contributed by atoms with Gasteiger partial charge in [0.2, 0.25) is 0 Å². The molecule has 0 saturated heterocycles. The first-order valence-corrected chi connectivity index (χ1v) is 6.10. The fraction of sp³-hybridized carbons (Fsp3) is 0.571. The molecular weight excluding hydrogens is 214 g/mol. The average Bonchev–Trinajstić information content (AvgIpc) is 2.78. The van der Waals surface area contributed by atoms with Gasteiger partial charge in [0.05, 0.1) is 14.2 Å². The predicted octanol–water partition coefficient (Wildman–Crippen LogP) is 2.03. The summed E-state index contributed by atoms with van der Waals surface area (Å²) in [5, 5.41) is 3.34. The van der Waals surface area contributed by atoms with Gasteiger partial charge in [0.25, 0.3) is 0 Å². The molecule has 0 heterocycles. The quantitative estimate of drug-likeness (QED) is 0.866. The van der Waals surface area contributed by atoms with E-state index < -0.39 is 0 Å². The van der Waals surface area contributed by atoms with E-state index in [-0.39, 0.29) is 0 Å². The Labute approximate surface area is 103 Å². The highest BCUT2D eigenvalue weighted by molar-refractivity contribution is 5.49. The highest BCUT2D eigenvalue weighted by Gasteiger charge is 2.26. The maximum atomic E-state index is 5.34. The molecule has 1 atom stereocenters. The Kier molecular flexibility index (Phi) is 3.57. The van der Waals surface area contributed by atoms with Crippen molar-refractivity contribution in [3.05, 3.63) is 23.3 Å². The van der Waals surface area contributed by atoms with Crippen LogP contribution in [0.3, 0.4) is 0 Å². The Balaban J connectivity index is 2.26. The fourth-order valence-electron chi connectivity index (χ4n) is 2.57. The van der Waals surface area contributed by atoms with E-state index in [1.54, 1.807) is 14.2 Å². The molecule has 1 aromatic rings. The maximum absolute atomic E-state index is 5.34. The molecule has 3 nitrogen and oxygen atoms in total. The van der Waals surface area contributed by atoms with Crippen LogP contribution < -0.4 is 14.8 Å². The van der Waals surface area contributed by atoms with Gasteiger partial charge in [0.15, 0.2) is 11.5 Å². The van der Waals surface area contributed by atoms with E-state index in [0.717, 1.165) is 24.3 Å². The molecule has 0 bridgehead atoms. The smallest absolute Gasteiger partial charge is 0.161 e. The van der Waals surface area contributed by atoms with Gasteiger partial charge in [-0.05, 0) is 56.0 Å². The van der Waals surface area contributed by atoms with E-state index in [9.17, 15) is 0 Å². The fourth-order valence-corrected chi connectivity index (χ4v) is 2.57. The lowest BCUT2D eigenvalue weighted by atomic mass is 9.98. The molecule has 1 aliphatic rings. The lowest BCUT2D eigenvalue weighted by Crippen LogP contribution is -2.30. The third-order valence-electron chi connectivity index (χ3n) is 3.83. The molecule has 1 unspecified atom stereocenters. The highest BCUT2D eigenvalue weighted by Crippen LogP contribution is 2.37. The largest absolute Gasteiger partial charge is 0.493 e. The summed E-state index contributed by atoms with van der Waals surface area (Å²) in [7, 11) is 5.40. The first-order chi connectivity index (χ1) is 8.19. The Morgan fingerprint density at radius 3 is 1.94 bits per heavy atom. The van der Waals surface area contributed by atoms with Crippen LogP contribution in [-0.2, 0) is 12.8 Å². The average molecular weight is 235 g/mol. The maximum Gasteiger partial charge on any atom is 0.161 e. The van der Waals surface area contributed by atoms with Gasteiger partial charge in [0, 0.05) is 6.04 Å². The van der Waals surface area contributed by atoms with Gasteiger partial charge in [-0.3, -0.25) is 0 Å². The zero-order valence-electron chi connectivity index (χ0n) is 11.0. The first kappa shape index (κ1) is 12.2. The molecule has 0 radical (unpaired) electrons. The second-order valence-electron chi connectivity index (χ2n) is 4.72. The molecule has 1 N–H and O–H groups in total. The minimum atomic E-state index is 0.541. The normalized spacial score (nSPS) is 16.7. The van der Waals surface area contributed by atoms with Crippen LogP contribution in [-0.4, -0.2) is 27.3 Å². The van der Waals surface area contributed by atoms with E-state index in [1.807, 2.05) is 7.05 Å². The standard InChI is InChI=1S/C14H21NO2/c1-9(15-2)10-5-11-7-13(16-3)14(17-4)8-12(11)6-10/h7-10,15H,5-6H2,1-4H3. The first-order valence-electron chi connectivity index (χ1n) is 6.10. The zero-order chi connectivity index (χ0) is 12.4. The summed E-state index contributed by atoms with van der Waals surface area (Å²) < 4.78 is 10.7. The molecule has 0 fully saturated rings. The summed E-state index contributed by atoms with van der Waals surface area (Å²) in [6.45, 7) is 2.24. The highest BCUT2D eigenvalue weighted by atomic mass is 16.5. The Hall–Kier alpha value is -1.22. The molecule has 1 aliphatic carbocycles. The zero-order valence-corrected chi connectivity index (χ0v) is 11.0. The van der Waals surface area contributed by atoms with Crippen LogP contribution in [0.5, 0.6) is 11.5 Å². The topological polar surface area (TPSA) is 30.5 Å². The summed E-state index contributed by atoms with van der Waals surface area (Å²) in [6, 6.07) is 4.78. The Morgan fingerprint density at radius 1 is 1.12 bits per heavy atom. The third-order valence-corrected chi connectivity index (χ3v) is 3.83. The van der Waals surface area contributed by atoms with Crippen molar-refractivity contribution >= 4 is 0 Å². The summed E-state index contributed by atoms with van der Waals surface area (Å²) in [6.07, 6.45) is 2.25. The second-order valence-corrected chi connectivity index (χ2v) is 4.72. The molecule has 1 aromatic carbocycles. The molecule has 0 saturated carbocycles. The summed E-state index contributed by atoms with van der Waals surface area (Å²) in [5.41, 5.74) is 2.80. The molecule has 94 valence electrons. The van der Waals surface area contributed by atoms with Gasteiger partial charge >= 0.3 is 0 Å². The van der Waals surface area contributed by atoms with E-state index in [2.05, 4.69) is 24.4 Å². The number of ether oxygens (including phenoxy) is 2. The van der Waals surface area contributed by atoms with Crippen molar-refractivity contribution < 1.29 is 9.47 Å². The molecule has 0 aromatic heterocycles. The Morgan fingerprint density at radius 2 is 1.59 bits per heavy atom. The minimum absolute atomic E-state index is 0.541. The third kappa shape index (κ3) is 2.25. The molecular formula is C14H21NO2. The summed E-state index contributed by atoms with van der Waals surface area (Å²) >= 11 is 0. The van der Waals surface area contributed by atoms with Gasteiger partial charge in [-0.15, -0.1) is 0 Å². The van der Waals surface area contributed by atoms with Gasteiger partial charge in [-0.25, -0.2) is 0 Å². The van der Waals surface area contributed by atoms with Crippen molar-refractivity contribution in [1.82, 2.24) is 5.32 Å². The van der Waals surface area contributed by atoms with Crippen molar-refractivity contribution in [2.75, 3.05) is 21.3 Å². The van der Waals surface area contributed by atoms with Crippen LogP contribution in [0.25, 0.3) is 0 Å². The molecule has 0 aliphatic heterocycles. The van der Waals surface area contributed by atoms with E-state index in [4.69, 9.17) is 9.47 Å². The molecule has 2 rings (SSSR count). The predicted molar refractivity (Wildman–Crippen MR) is 69.0 cm³/mol. The number of methoxy groups -OCH3 is 2. The molecule has 17 heavy (non-hydrogen) atoms. The van der Waals surface area contributed by atoms with Gasteiger partial charge in [-0.1, -0.05) is 0 Å². The number of rotatable bonds is 4. The van der Waals surface area contributed by atoms with Crippen LogP contribution in [0.2, 0.25) is 0 Å². The van der Waals surface area contributed by atoms with Crippen molar-refractivity contribution in [1.29, 1.82) is 0 Å². The van der Waals surface area contributed by atoms with Crippen LogP contribution in [0, 0.1) is 5.92 Å². The van der Waals surface area contributed by atoms with Crippen LogP contribution in [0.4, 0.5) is 0 Å². The van der Waals surface area contributed by atoms with E-state index in [0.29, 0.717) is 12.0 Å². The van der Waals surface area contributed by atoms with Crippen molar-refractivity contribution in [3.63, 3.8) is 0 Å². The van der Waals surface area contributed by atoms with Crippen LogP contribution >= 0.6 is 0 Å². The van der Waals surface area contributed by atoms with E-state index >= 15 is 0 Å². The van der Waals surface area contributed by atoms with Gasteiger partial charge in [0.1, 0.15) is 0 Å². The number of hydrogen-bond acceptors (Lipinski definition) is 3. The SMILES string of the molecule is CNC(C)C1Cc2cc(OC)c(OC)cc2C1. The van der Waals surface area contributed by atoms with Crippen molar-refractivity contribution in [2.24, 2.45) is 5.92 Å².